The molecule has 0 aliphatic heterocycles. The highest BCUT2D eigenvalue weighted by Gasteiger charge is 2.28. The van der Waals surface area contributed by atoms with E-state index in [4.69, 9.17) is 4.74 Å². The molecule has 0 heterocycles. The number of carbonyl (C=O) groups excluding carboxylic acids is 1. The van der Waals surface area contributed by atoms with Crippen LogP contribution in [0.5, 0.6) is 0 Å². The van der Waals surface area contributed by atoms with Crippen LogP contribution in [-0.2, 0) is 4.74 Å². The number of hydrogen-bond donors (Lipinski definition) is 1. The maximum atomic E-state index is 12.2. The third-order valence-corrected chi connectivity index (χ3v) is 3.41. The van der Waals surface area contributed by atoms with Gasteiger partial charge in [0.05, 0.1) is 28.1 Å². The molecule has 0 amide bonds. The molecule has 130 valence electrons. The van der Waals surface area contributed by atoms with Crippen LogP contribution in [-0.4, -0.2) is 22.4 Å². The molecule has 0 bridgehead atoms. The topological polar surface area (TPSA) is 125 Å². The summed E-state index contributed by atoms with van der Waals surface area (Å²) >= 11 is 0. The minimum absolute atomic E-state index is 0.0269. The summed E-state index contributed by atoms with van der Waals surface area (Å²) in [6.45, 7) is 3.38. The molecule has 25 heavy (non-hydrogen) atoms. The molecule has 0 aromatic heterocycles. The third kappa shape index (κ3) is 3.89. The molecule has 0 spiro atoms. The Labute approximate surface area is 142 Å². The van der Waals surface area contributed by atoms with Gasteiger partial charge < -0.3 is 10.1 Å². The van der Waals surface area contributed by atoms with Crippen molar-refractivity contribution < 1.29 is 19.4 Å². The van der Waals surface area contributed by atoms with Crippen molar-refractivity contribution in [1.82, 2.24) is 0 Å². The minimum atomic E-state index is -0.884. The van der Waals surface area contributed by atoms with Crippen LogP contribution in [0.3, 0.4) is 0 Å². The van der Waals surface area contributed by atoms with Crippen molar-refractivity contribution in [1.29, 1.82) is 0 Å². The van der Waals surface area contributed by atoms with Gasteiger partial charge in [-0.25, -0.2) is 4.79 Å². The number of nitrogens with one attached hydrogen (secondary N) is 1. The van der Waals surface area contributed by atoms with E-state index in [-0.39, 0.29) is 17.9 Å². The van der Waals surface area contributed by atoms with Gasteiger partial charge in [0.1, 0.15) is 5.69 Å². The molecule has 1 N–H and O–H groups in total. The summed E-state index contributed by atoms with van der Waals surface area (Å²) in [6, 6.07) is 8.74. The van der Waals surface area contributed by atoms with E-state index in [0.717, 1.165) is 17.7 Å². The van der Waals surface area contributed by atoms with Gasteiger partial charge in [-0.3, -0.25) is 20.2 Å². The third-order valence-electron chi connectivity index (χ3n) is 3.41. The van der Waals surface area contributed by atoms with Gasteiger partial charge >= 0.3 is 5.97 Å². The van der Waals surface area contributed by atoms with Crippen LogP contribution in [0.25, 0.3) is 0 Å². The Morgan fingerprint density at radius 3 is 2.40 bits per heavy atom. The van der Waals surface area contributed by atoms with Crippen LogP contribution < -0.4 is 5.32 Å². The summed E-state index contributed by atoms with van der Waals surface area (Å²) in [5, 5.41) is 25.3. The van der Waals surface area contributed by atoms with Crippen LogP contribution >= 0.6 is 0 Å². The Hall–Kier alpha value is -3.49. The number of para-hydroxylation sites is 1. The fourth-order valence-electron chi connectivity index (χ4n) is 2.21. The Balaban J connectivity index is 2.69. The molecule has 9 nitrogen and oxygen atoms in total. The molecule has 0 radical (unpaired) electrons. The van der Waals surface area contributed by atoms with E-state index in [2.05, 4.69) is 5.32 Å². The molecular weight excluding hydrogens is 330 g/mol. The summed E-state index contributed by atoms with van der Waals surface area (Å²) in [7, 11) is 0. The van der Waals surface area contributed by atoms with Crippen molar-refractivity contribution in [3.8, 4) is 0 Å². The predicted octanol–water partition coefficient (Wildman–Crippen LogP) is 3.73. The number of rotatable bonds is 6. The second-order valence-corrected chi connectivity index (χ2v) is 5.06. The first kappa shape index (κ1) is 17.9. The zero-order chi connectivity index (χ0) is 18.6. The first-order valence-electron chi connectivity index (χ1n) is 7.31. The van der Waals surface area contributed by atoms with E-state index < -0.39 is 27.2 Å². The highest BCUT2D eigenvalue weighted by molar-refractivity contribution is 6.00. The number of nitrogens with zero attached hydrogens (tertiary/aromatic N) is 2. The number of aryl methyl sites for hydroxylation is 1. The van der Waals surface area contributed by atoms with Gasteiger partial charge in [0.2, 0.25) is 0 Å². The zero-order valence-corrected chi connectivity index (χ0v) is 13.5. The highest BCUT2D eigenvalue weighted by atomic mass is 16.6. The van der Waals surface area contributed by atoms with Crippen LogP contribution in [0.1, 0.15) is 22.8 Å². The molecule has 0 unspecified atom stereocenters. The molecule has 2 aromatic carbocycles. The summed E-state index contributed by atoms with van der Waals surface area (Å²) in [5.41, 5.74) is -0.255. The maximum Gasteiger partial charge on any atom is 0.340 e. The zero-order valence-electron chi connectivity index (χ0n) is 13.5. The number of anilines is 2. The summed E-state index contributed by atoms with van der Waals surface area (Å²) in [4.78, 5) is 33.0. The van der Waals surface area contributed by atoms with Crippen LogP contribution in [0.2, 0.25) is 0 Å². The van der Waals surface area contributed by atoms with E-state index in [1.54, 1.807) is 38.1 Å². The van der Waals surface area contributed by atoms with Gasteiger partial charge in [-0.1, -0.05) is 18.2 Å². The summed E-state index contributed by atoms with van der Waals surface area (Å²) < 4.78 is 4.88. The average Bonchev–Trinajstić information content (AvgIpc) is 2.56. The van der Waals surface area contributed by atoms with E-state index in [9.17, 15) is 25.0 Å². The number of nitro benzene ring substituents is 2. The van der Waals surface area contributed by atoms with E-state index in [1.165, 1.54) is 0 Å². The first-order chi connectivity index (χ1) is 11.8. The molecule has 0 atom stereocenters. The molecule has 9 heteroatoms. The van der Waals surface area contributed by atoms with Gasteiger partial charge in [-0.15, -0.1) is 0 Å². The number of esters is 1. The molecule has 0 saturated carbocycles. The van der Waals surface area contributed by atoms with Crippen molar-refractivity contribution in [2.45, 2.75) is 13.8 Å². The molecule has 0 fully saturated rings. The van der Waals surface area contributed by atoms with Crippen molar-refractivity contribution in [2.75, 3.05) is 11.9 Å². The second kappa shape index (κ2) is 7.39. The van der Waals surface area contributed by atoms with Crippen molar-refractivity contribution in [2.24, 2.45) is 0 Å². The normalized spacial score (nSPS) is 10.2. The number of non-ortho nitro benzene ring substituents is 1. The molecule has 0 saturated heterocycles. The first-order valence-corrected chi connectivity index (χ1v) is 7.31. The lowest BCUT2D eigenvalue weighted by atomic mass is 10.1. The van der Waals surface area contributed by atoms with Crippen LogP contribution in [0.15, 0.2) is 36.4 Å². The van der Waals surface area contributed by atoms with Crippen molar-refractivity contribution in [3.05, 3.63) is 67.8 Å². The van der Waals surface area contributed by atoms with Gasteiger partial charge in [-0.2, -0.15) is 0 Å². The molecule has 2 rings (SSSR count). The van der Waals surface area contributed by atoms with E-state index in [0.29, 0.717) is 5.69 Å². The van der Waals surface area contributed by atoms with Crippen LogP contribution in [0.4, 0.5) is 22.7 Å². The monoisotopic (exact) mass is 345 g/mol. The molecule has 0 aliphatic carbocycles. The predicted molar refractivity (Wildman–Crippen MR) is 90.2 cm³/mol. The fourth-order valence-corrected chi connectivity index (χ4v) is 2.21. The second-order valence-electron chi connectivity index (χ2n) is 5.06. The lowest BCUT2D eigenvalue weighted by Crippen LogP contribution is -2.11. The summed E-state index contributed by atoms with van der Waals surface area (Å²) in [5.74, 6) is -0.884. The highest BCUT2D eigenvalue weighted by Crippen LogP contribution is 2.36. The van der Waals surface area contributed by atoms with Crippen molar-refractivity contribution >= 4 is 28.7 Å². The lowest BCUT2D eigenvalue weighted by molar-refractivity contribution is -0.393. The minimum Gasteiger partial charge on any atom is -0.462 e. The van der Waals surface area contributed by atoms with Gasteiger partial charge in [0.25, 0.3) is 11.4 Å². The quantitative estimate of drug-likeness (QED) is 0.480. The average molecular weight is 345 g/mol. The number of nitro groups is 2. The number of hydrogen-bond acceptors (Lipinski definition) is 7. The Morgan fingerprint density at radius 2 is 1.84 bits per heavy atom. The Kier molecular flexibility index (Phi) is 5.28. The number of benzene rings is 2. The van der Waals surface area contributed by atoms with E-state index >= 15 is 0 Å². The Morgan fingerprint density at radius 1 is 1.16 bits per heavy atom. The van der Waals surface area contributed by atoms with Gasteiger partial charge in [0, 0.05) is 11.8 Å². The standard InChI is InChI=1S/C16H15N3O6/c1-3-25-16(20)12-8-11(18(21)22)9-14(19(23)24)15(12)17-13-7-5-4-6-10(13)2/h4-9,17H,3H2,1-2H3. The smallest absolute Gasteiger partial charge is 0.340 e. The molecular formula is C16H15N3O6. The van der Waals surface area contributed by atoms with Gasteiger partial charge in [-0.05, 0) is 25.5 Å². The van der Waals surface area contributed by atoms with Gasteiger partial charge in [0.15, 0.2) is 0 Å². The fraction of sp³-hybridized carbons (Fsp3) is 0.188. The van der Waals surface area contributed by atoms with E-state index in [1.807, 2.05) is 0 Å². The maximum absolute atomic E-state index is 12.2. The molecule has 2 aromatic rings. The lowest BCUT2D eigenvalue weighted by Gasteiger charge is -2.13. The van der Waals surface area contributed by atoms with Crippen LogP contribution in [0, 0.1) is 27.2 Å². The molecule has 0 aliphatic rings. The number of carbonyl (C=O) groups is 1. The van der Waals surface area contributed by atoms with Crippen molar-refractivity contribution in [3.63, 3.8) is 0 Å². The number of ether oxygens (including phenoxy) is 1. The summed E-state index contributed by atoms with van der Waals surface area (Å²) in [6.07, 6.45) is 0. The Bertz CT molecular complexity index is 850. The SMILES string of the molecule is CCOC(=O)c1cc([N+](=O)[O-])cc([N+](=O)[O-])c1Nc1ccccc1C. The largest absolute Gasteiger partial charge is 0.462 e.